The summed E-state index contributed by atoms with van der Waals surface area (Å²) in [4.78, 5) is 34.8. The lowest BCUT2D eigenvalue weighted by Crippen LogP contribution is -2.49. The molecule has 2 aromatic carbocycles. The second kappa shape index (κ2) is 10.4. The van der Waals surface area contributed by atoms with Crippen molar-refractivity contribution >= 4 is 44.8 Å². The Bertz CT molecular complexity index is 1410. The number of H-pyrrole nitrogens is 1. The van der Waals surface area contributed by atoms with Gasteiger partial charge in [-0.3, -0.25) is 9.59 Å². The molecule has 1 N–H and O–H groups in total. The summed E-state index contributed by atoms with van der Waals surface area (Å²) in [6.07, 6.45) is 0.996. The summed E-state index contributed by atoms with van der Waals surface area (Å²) in [5.74, 6) is -0.377. The van der Waals surface area contributed by atoms with E-state index in [1.807, 2.05) is 0 Å². The number of piperazine rings is 1. The van der Waals surface area contributed by atoms with E-state index in [0.717, 1.165) is 23.6 Å². The molecule has 1 fully saturated rings. The zero-order valence-corrected chi connectivity index (χ0v) is 21.1. The van der Waals surface area contributed by atoms with Crippen LogP contribution < -0.4 is 10.5 Å². The monoisotopic (exact) mass is 536 g/mol. The number of rotatable bonds is 6. The Balaban J connectivity index is 1.36. The van der Waals surface area contributed by atoms with Gasteiger partial charge in [0, 0.05) is 36.9 Å². The third kappa shape index (κ3) is 5.68. The molecule has 0 bridgehead atoms. The van der Waals surface area contributed by atoms with Gasteiger partial charge in [-0.15, -0.1) is 0 Å². The molecule has 0 saturated carbocycles. The predicted molar refractivity (Wildman–Crippen MR) is 132 cm³/mol. The number of anilines is 1. The van der Waals surface area contributed by atoms with Gasteiger partial charge in [0.15, 0.2) is 10.1 Å². The van der Waals surface area contributed by atoms with Crippen molar-refractivity contribution in [1.29, 1.82) is 0 Å². The lowest BCUT2D eigenvalue weighted by Gasteiger charge is -2.36. The van der Waals surface area contributed by atoms with Gasteiger partial charge in [0.2, 0.25) is 15.7 Å². The van der Waals surface area contributed by atoms with Crippen molar-refractivity contribution in [2.45, 2.75) is 21.9 Å². The van der Waals surface area contributed by atoms with Gasteiger partial charge in [0.25, 0.3) is 5.56 Å². The number of carbonyl (C=O) groups excluding carboxylic acids is 1. The Morgan fingerprint density at radius 3 is 2.46 bits per heavy atom. The number of hydrogen-bond donors (Lipinski definition) is 1. The topological polar surface area (TPSA) is 103 Å². The Hall–Kier alpha value is -2.89. The largest absolute Gasteiger partial charge is 0.368 e. The van der Waals surface area contributed by atoms with Crippen LogP contribution in [0.15, 0.2) is 68.4 Å². The van der Waals surface area contributed by atoms with Gasteiger partial charge in [-0.05, 0) is 48.9 Å². The Labute approximate surface area is 211 Å². The maximum absolute atomic E-state index is 13.1. The number of carbonyl (C=O) groups is 1. The lowest BCUT2D eigenvalue weighted by atomic mass is 10.2. The zero-order valence-electron chi connectivity index (χ0n) is 18.7. The molecule has 12 heteroatoms. The molecule has 184 valence electrons. The maximum atomic E-state index is 13.1. The van der Waals surface area contributed by atoms with Crippen LogP contribution in [0.3, 0.4) is 0 Å². The van der Waals surface area contributed by atoms with Crippen LogP contribution in [-0.4, -0.2) is 61.1 Å². The summed E-state index contributed by atoms with van der Waals surface area (Å²) < 4.78 is 38.8. The summed E-state index contributed by atoms with van der Waals surface area (Å²) >= 11 is 7.06. The van der Waals surface area contributed by atoms with Crippen molar-refractivity contribution in [2.75, 3.05) is 36.8 Å². The van der Waals surface area contributed by atoms with Crippen LogP contribution in [0.4, 0.5) is 10.1 Å². The van der Waals surface area contributed by atoms with Gasteiger partial charge >= 0.3 is 0 Å². The number of benzene rings is 2. The van der Waals surface area contributed by atoms with E-state index in [1.54, 1.807) is 30.0 Å². The Morgan fingerprint density at radius 1 is 1.14 bits per heavy atom. The highest BCUT2D eigenvalue weighted by Gasteiger charge is 2.24. The van der Waals surface area contributed by atoms with Gasteiger partial charge in [0.1, 0.15) is 5.82 Å². The molecular formula is C23H22ClFN4O4S2. The molecule has 0 radical (unpaired) electrons. The van der Waals surface area contributed by atoms with Gasteiger partial charge in [0.05, 0.1) is 16.8 Å². The first kappa shape index (κ1) is 25.2. The van der Waals surface area contributed by atoms with E-state index >= 15 is 0 Å². The third-order valence-electron chi connectivity index (χ3n) is 5.64. The minimum absolute atomic E-state index is 0.0408. The number of thioether (sulfide) groups is 1. The summed E-state index contributed by atoms with van der Waals surface area (Å²) in [6.45, 7) is 4.00. The molecule has 3 aromatic rings. The third-order valence-corrected chi connectivity index (χ3v) is 8.67. The Morgan fingerprint density at radius 2 is 1.83 bits per heavy atom. The van der Waals surface area contributed by atoms with Crippen LogP contribution in [0.5, 0.6) is 0 Å². The van der Waals surface area contributed by atoms with Crippen molar-refractivity contribution in [3.05, 3.63) is 75.4 Å². The first-order valence-corrected chi connectivity index (χ1v) is 13.5. The molecule has 1 aromatic heterocycles. The number of aryl methyl sites for hydroxylation is 1. The number of aromatic nitrogens is 2. The first-order chi connectivity index (χ1) is 16.6. The molecule has 1 saturated heterocycles. The highest BCUT2D eigenvalue weighted by atomic mass is 35.5. The van der Waals surface area contributed by atoms with Crippen LogP contribution in [0.1, 0.15) is 5.56 Å². The van der Waals surface area contributed by atoms with E-state index in [4.69, 9.17) is 11.6 Å². The highest BCUT2D eigenvalue weighted by Crippen LogP contribution is 2.24. The van der Waals surface area contributed by atoms with Crippen LogP contribution in [0, 0.1) is 12.7 Å². The average Bonchev–Trinajstić information content (AvgIpc) is 2.84. The standard InChI is InChI=1S/C23H22ClFN4O4S2/c1-15-2-7-18(12-19(15)24)35(32,33)20-13-26-23(27-22(20)31)34-14-21(30)29-10-8-28(9-11-29)17-5-3-16(25)4-6-17/h2-7,12-13H,8-11,14H2,1H3,(H,26,27,31). The highest BCUT2D eigenvalue weighted by molar-refractivity contribution is 7.99. The molecule has 1 aliphatic rings. The Kier molecular flexibility index (Phi) is 7.48. The summed E-state index contributed by atoms with van der Waals surface area (Å²) in [5.41, 5.74) is 0.795. The van der Waals surface area contributed by atoms with Crippen molar-refractivity contribution in [3.63, 3.8) is 0 Å². The van der Waals surface area contributed by atoms with E-state index < -0.39 is 20.3 Å². The number of halogens is 2. The van der Waals surface area contributed by atoms with Crippen molar-refractivity contribution in [2.24, 2.45) is 0 Å². The molecular weight excluding hydrogens is 515 g/mol. The molecule has 0 unspecified atom stereocenters. The van der Waals surface area contributed by atoms with Gasteiger partial charge in [-0.2, -0.15) is 0 Å². The van der Waals surface area contributed by atoms with E-state index in [0.29, 0.717) is 31.7 Å². The number of sulfone groups is 1. The van der Waals surface area contributed by atoms with E-state index in [-0.39, 0.29) is 32.6 Å². The molecule has 8 nitrogen and oxygen atoms in total. The number of hydrogen-bond acceptors (Lipinski definition) is 7. The fourth-order valence-corrected chi connectivity index (χ4v) is 5.83. The maximum Gasteiger partial charge on any atom is 0.270 e. The normalized spacial score (nSPS) is 14.3. The SMILES string of the molecule is Cc1ccc(S(=O)(=O)c2cnc(SCC(=O)N3CCN(c4ccc(F)cc4)CC3)[nH]c2=O)cc1Cl. The molecule has 0 atom stereocenters. The quantitative estimate of drug-likeness (QED) is 0.381. The van der Waals surface area contributed by atoms with E-state index in [2.05, 4.69) is 14.9 Å². The number of amides is 1. The summed E-state index contributed by atoms with van der Waals surface area (Å²) in [7, 11) is -4.11. The van der Waals surface area contributed by atoms with Crippen molar-refractivity contribution < 1.29 is 17.6 Å². The smallest absolute Gasteiger partial charge is 0.270 e. The minimum Gasteiger partial charge on any atom is -0.368 e. The molecule has 0 aliphatic carbocycles. The fourth-order valence-electron chi connectivity index (χ4n) is 3.59. The number of nitrogens with one attached hydrogen (secondary N) is 1. The van der Waals surface area contributed by atoms with Crippen LogP contribution >= 0.6 is 23.4 Å². The lowest BCUT2D eigenvalue weighted by molar-refractivity contribution is -0.128. The van der Waals surface area contributed by atoms with Gasteiger partial charge in [-0.1, -0.05) is 29.4 Å². The van der Waals surface area contributed by atoms with Crippen molar-refractivity contribution in [3.8, 4) is 0 Å². The average molecular weight is 537 g/mol. The second-order valence-electron chi connectivity index (χ2n) is 7.93. The van der Waals surface area contributed by atoms with Gasteiger partial charge < -0.3 is 14.8 Å². The molecule has 4 rings (SSSR count). The number of aromatic amines is 1. The van der Waals surface area contributed by atoms with Gasteiger partial charge in [-0.25, -0.2) is 17.8 Å². The zero-order chi connectivity index (χ0) is 25.2. The van der Waals surface area contributed by atoms with Crippen LogP contribution in [-0.2, 0) is 14.6 Å². The van der Waals surface area contributed by atoms with Crippen LogP contribution in [0.25, 0.3) is 0 Å². The summed E-state index contributed by atoms with van der Waals surface area (Å²) in [6, 6.07) is 10.5. The molecule has 2 heterocycles. The second-order valence-corrected chi connectivity index (χ2v) is 11.2. The summed E-state index contributed by atoms with van der Waals surface area (Å²) in [5, 5.41) is 0.425. The molecule has 0 spiro atoms. The van der Waals surface area contributed by atoms with E-state index in [9.17, 15) is 22.4 Å². The minimum atomic E-state index is -4.11. The predicted octanol–water partition coefficient (Wildman–Crippen LogP) is 3.14. The van der Waals surface area contributed by atoms with E-state index in [1.165, 1.54) is 24.3 Å². The molecule has 35 heavy (non-hydrogen) atoms. The molecule has 1 amide bonds. The van der Waals surface area contributed by atoms with Crippen LogP contribution in [0.2, 0.25) is 5.02 Å². The molecule has 1 aliphatic heterocycles. The fraction of sp³-hybridized carbons (Fsp3) is 0.261. The van der Waals surface area contributed by atoms with Crippen molar-refractivity contribution in [1.82, 2.24) is 14.9 Å². The number of nitrogens with zero attached hydrogens (tertiary/aromatic N) is 3. The first-order valence-electron chi connectivity index (χ1n) is 10.7.